The molecule has 6 rings (SSSR count). The minimum atomic E-state index is -3.36. The van der Waals surface area contributed by atoms with Crippen LogP contribution in [0.5, 0.6) is 0 Å². The van der Waals surface area contributed by atoms with Gasteiger partial charge in [-0.2, -0.15) is 0 Å². The first-order chi connectivity index (χ1) is 18.5. The van der Waals surface area contributed by atoms with Gasteiger partial charge >= 0.3 is 0 Å². The maximum absolute atomic E-state index is 13.9. The molecule has 0 saturated carbocycles. The van der Waals surface area contributed by atoms with Gasteiger partial charge in [-0.1, -0.05) is 22.8 Å². The first-order valence-corrected chi connectivity index (χ1v) is 14.9. The van der Waals surface area contributed by atoms with Crippen molar-refractivity contribution in [2.75, 3.05) is 24.2 Å². The summed E-state index contributed by atoms with van der Waals surface area (Å²) in [7, 11) is -3.36. The van der Waals surface area contributed by atoms with Crippen LogP contribution in [-0.4, -0.2) is 52.7 Å². The first-order valence-electron chi connectivity index (χ1n) is 12.7. The zero-order valence-corrected chi connectivity index (χ0v) is 23.3. The number of aromatic nitrogens is 3. The highest BCUT2D eigenvalue weighted by molar-refractivity contribution is 7.88. The number of carbonyl (C=O) groups excluding carboxylic acids is 1. The third kappa shape index (κ3) is 4.42. The third-order valence-electron chi connectivity index (χ3n) is 7.69. The maximum atomic E-state index is 13.9. The summed E-state index contributed by atoms with van der Waals surface area (Å²) in [5.74, 6) is 0.691. The van der Waals surface area contributed by atoms with Crippen molar-refractivity contribution in [2.45, 2.75) is 45.2 Å². The lowest BCUT2D eigenvalue weighted by Crippen LogP contribution is -2.31. The average Bonchev–Trinajstić information content (AvgIpc) is 3.65. The summed E-state index contributed by atoms with van der Waals surface area (Å²) < 4.78 is 47.5. The van der Waals surface area contributed by atoms with Gasteiger partial charge in [0.1, 0.15) is 17.4 Å². The highest BCUT2D eigenvalue weighted by Crippen LogP contribution is 2.42. The number of halogens is 2. The number of carbonyl (C=O) groups is 1. The van der Waals surface area contributed by atoms with Gasteiger partial charge in [-0.15, -0.1) is 0 Å². The summed E-state index contributed by atoms with van der Waals surface area (Å²) >= 11 is 6.07. The van der Waals surface area contributed by atoms with Crippen molar-refractivity contribution in [3.05, 3.63) is 64.5 Å². The Morgan fingerprint density at radius 3 is 2.59 bits per heavy atom. The lowest BCUT2D eigenvalue weighted by atomic mass is 10.0. The van der Waals surface area contributed by atoms with E-state index in [4.69, 9.17) is 21.1 Å². The zero-order valence-electron chi connectivity index (χ0n) is 21.7. The molecule has 0 aliphatic carbocycles. The molecule has 0 bridgehead atoms. The minimum absolute atomic E-state index is 0.0665. The average molecular weight is 572 g/mol. The lowest BCUT2D eigenvalue weighted by molar-refractivity contribution is -0.117. The molecule has 2 aliphatic rings. The van der Waals surface area contributed by atoms with E-state index in [0.29, 0.717) is 49.6 Å². The second-order valence-electron chi connectivity index (χ2n) is 10.2. The van der Waals surface area contributed by atoms with Gasteiger partial charge < -0.3 is 14.0 Å². The van der Waals surface area contributed by atoms with Crippen molar-refractivity contribution < 1.29 is 22.1 Å². The van der Waals surface area contributed by atoms with Crippen LogP contribution in [0, 0.1) is 19.7 Å². The van der Waals surface area contributed by atoms with E-state index in [1.54, 1.807) is 11.0 Å². The van der Waals surface area contributed by atoms with Crippen molar-refractivity contribution in [1.29, 1.82) is 0 Å². The molecule has 0 N–H and O–H groups in total. The molecule has 204 valence electrons. The van der Waals surface area contributed by atoms with Gasteiger partial charge in [-0.05, 0) is 62.6 Å². The van der Waals surface area contributed by atoms with Crippen LogP contribution >= 0.6 is 11.6 Å². The van der Waals surface area contributed by atoms with Crippen LogP contribution in [0.4, 0.5) is 10.1 Å². The predicted octanol–water partition coefficient (Wildman–Crippen LogP) is 5.18. The van der Waals surface area contributed by atoms with Crippen LogP contribution < -0.4 is 4.90 Å². The molecule has 9 nitrogen and oxygen atoms in total. The Labute approximate surface area is 230 Å². The smallest absolute Gasteiger partial charge is 0.227 e. The molecule has 39 heavy (non-hydrogen) atoms. The number of nitrogens with zero attached hydrogens (tertiary/aromatic N) is 5. The Bertz CT molecular complexity index is 1710. The van der Waals surface area contributed by atoms with Crippen molar-refractivity contribution in [3.8, 4) is 11.1 Å². The van der Waals surface area contributed by atoms with Gasteiger partial charge in [-0.3, -0.25) is 4.79 Å². The van der Waals surface area contributed by atoms with Gasteiger partial charge in [0.25, 0.3) is 0 Å². The summed E-state index contributed by atoms with van der Waals surface area (Å²) in [5, 5.41) is 4.01. The zero-order chi connectivity index (χ0) is 27.6. The van der Waals surface area contributed by atoms with E-state index >= 15 is 0 Å². The monoisotopic (exact) mass is 571 g/mol. The second-order valence-corrected chi connectivity index (χ2v) is 12.6. The number of anilines is 1. The summed E-state index contributed by atoms with van der Waals surface area (Å²) in [6.45, 7) is 4.46. The molecule has 2 unspecified atom stereocenters. The molecule has 2 aromatic heterocycles. The number of sulfonamides is 1. The van der Waals surface area contributed by atoms with Crippen LogP contribution in [0.1, 0.15) is 48.6 Å². The molecule has 4 heterocycles. The standard InChI is InChI=1S/C27H27ClFN5O4S/c1-15-26(16(2)38-31-15)17-4-7-23-22(12-17)30-27(34(23)19-10-11-32(14-19)39(3,36)37)24-8-9-25(35)33(24)18-5-6-21(29)20(28)13-18/h4-7,12-13,19,24H,8-11,14H2,1-3H3. The van der Waals surface area contributed by atoms with E-state index in [0.717, 1.165) is 27.9 Å². The number of imidazole rings is 1. The van der Waals surface area contributed by atoms with E-state index in [9.17, 15) is 17.6 Å². The van der Waals surface area contributed by atoms with Crippen molar-refractivity contribution >= 4 is 44.3 Å². The lowest BCUT2D eigenvalue weighted by Gasteiger charge is -2.27. The number of hydrogen-bond acceptors (Lipinski definition) is 6. The normalized spacial score (nSPS) is 20.5. The Balaban J connectivity index is 1.51. The molecule has 4 aromatic rings. The largest absolute Gasteiger partial charge is 0.361 e. The van der Waals surface area contributed by atoms with E-state index < -0.39 is 21.9 Å². The fraction of sp³-hybridized carbons (Fsp3) is 0.370. The fourth-order valence-electron chi connectivity index (χ4n) is 5.90. The van der Waals surface area contributed by atoms with Crippen LogP contribution in [0.3, 0.4) is 0 Å². The van der Waals surface area contributed by atoms with Gasteiger partial charge in [0, 0.05) is 30.8 Å². The van der Waals surface area contributed by atoms with Crippen LogP contribution in [-0.2, 0) is 14.8 Å². The number of aryl methyl sites for hydroxylation is 2. The first kappa shape index (κ1) is 26.0. The van der Waals surface area contributed by atoms with E-state index in [1.807, 2.05) is 32.0 Å². The molecule has 2 atom stereocenters. The molecule has 0 radical (unpaired) electrons. The van der Waals surface area contributed by atoms with E-state index in [2.05, 4.69) is 9.72 Å². The quantitative estimate of drug-likeness (QED) is 0.327. The van der Waals surface area contributed by atoms with Gasteiger partial charge in [-0.25, -0.2) is 22.1 Å². The maximum Gasteiger partial charge on any atom is 0.227 e. The predicted molar refractivity (Wildman–Crippen MR) is 146 cm³/mol. The Morgan fingerprint density at radius 2 is 1.92 bits per heavy atom. The Hall–Kier alpha value is -3.28. The molecule has 2 fully saturated rings. The second kappa shape index (κ2) is 9.42. The molecule has 0 spiro atoms. The fourth-order valence-corrected chi connectivity index (χ4v) is 6.95. The van der Waals surface area contributed by atoms with E-state index in [1.165, 1.54) is 22.7 Å². The van der Waals surface area contributed by atoms with Crippen molar-refractivity contribution in [3.63, 3.8) is 0 Å². The summed E-state index contributed by atoms with van der Waals surface area (Å²) in [4.78, 5) is 19.8. The number of fused-ring (bicyclic) bond motifs is 1. The molecule has 2 saturated heterocycles. The van der Waals surface area contributed by atoms with E-state index in [-0.39, 0.29) is 17.0 Å². The Kier molecular flexibility index (Phi) is 6.28. The SMILES string of the molecule is Cc1noc(C)c1-c1ccc2c(c1)nc(C1CCC(=O)N1c1ccc(F)c(Cl)c1)n2C1CCN(S(C)(=O)=O)C1. The molecular weight excluding hydrogens is 545 g/mol. The summed E-state index contributed by atoms with van der Waals surface area (Å²) in [6.07, 6.45) is 2.64. The Morgan fingerprint density at radius 1 is 1.13 bits per heavy atom. The third-order valence-corrected chi connectivity index (χ3v) is 9.25. The molecule has 2 aromatic carbocycles. The molecule has 2 aliphatic heterocycles. The van der Waals surface area contributed by atoms with Crippen LogP contribution in [0.15, 0.2) is 40.9 Å². The van der Waals surface area contributed by atoms with Crippen LogP contribution in [0.2, 0.25) is 5.02 Å². The number of benzene rings is 2. The summed E-state index contributed by atoms with van der Waals surface area (Å²) in [5.41, 5.74) is 4.63. The van der Waals surface area contributed by atoms with Crippen LogP contribution in [0.25, 0.3) is 22.2 Å². The molecular formula is C27H27ClFN5O4S. The number of amides is 1. The van der Waals surface area contributed by atoms with Gasteiger partial charge in [0.15, 0.2) is 0 Å². The molecule has 1 amide bonds. The highest BCUT2D eigenvalue weighted by Gasteiger charge is 2.40. The molecule has 12 heteroatoms. The number of rotatable bonds is 5. The van der Waals surface area contributed by atoms with Crippen molar-refractivity contribution in [1.82, 2.24) is 19.0 Å². The van der Waals surface area contributed by atoms with Gasteiger partial charge in [0.2, 0.25) is 15.9 Å². The topological polar surface area (TPSA) is 102 Å². The summed E-state index contributed by atoms with van der Waals surface area (Å²) in [6, 6.07) is 9.59. The highest BCUT2D eigenvalue weighted by atomic mass is 35.5. The number of hydrogen-bond donors (Lipinski definition) is 0. The minimum Gasteiger partial charge on any atom is -0.361 e. The van der Waals surface area contributed by atoms with Crippen molar-refractivity contribution in [2.24, 2.45) is 0 Å². The van der Waals surface area contributed by atoms with Gasteiger partial charge in [0.05, 0.1) is 40.1 Å².